The van der Waals surface area contributed by atoms with Crippen LogP contribution in [-0.4, -0.2) is 36.2 Å². The van der Waals surface area contributed by atoms with Gasteiger partial charge in [0.15, 0.2) is 5.84 Å². The van der Waals surface area contributed by atoms with Gasteiger partial charge in [-0.15, -0.1) is 0 Å². The summed E-state index contributed by atoms with van der Waals surface area (Å²) in [5.41, 5.74) is 5.31. The largest absolute Gasteiger partial charge is 0.409 e. The van der Waals surface area contributed by atoms with Crippen LogP contribution in [-0.2, 0) is 9.53 Å². The molecule has 0 aliphatic heterocycles. The Kier molecular flexibility index (Phi) is 6.44. The van der Waals surface area contributed by atoms with Crippen LogP contribution >= 0.6 is 0 Å². The molecule has 15 heavy (non-hydrogen) atoms. The number of oxime groups is 1. The lowest BCUT2D eigenvalue weighted by atomic mass is 10.2. The highest BCUT2D eigenvalue weighted by molar-refractivity contribution is 5.89. The zero-order valence-corrected chi connectivity index (χ0v) is 9.36. The predicted octanol–water partition coefficient (Wildman–Crippen LogP) is 0.0526. The van der Waals surface area contributed by atoms with Crippen molar-refractivity contribution in [2.45, 2.75) is 38.8 Å². The van der Waals surface area contributed by atoms with Crippen molar-refractivity contribution >= 4 is 11.7 Å². The van der Waals surface area contributed by atoms with Gasteiger partial charge >= 0.3 is 0 Å². The summed E-state index contributed by atoms with van der Waals surface area (Å²) in [5.74, 6) is -0.152. The van der Waals surface area contributed by atoms with E-state index < -0.39 is 6.04 Å². The molecule has 0 rings (SSSR count). The molecule has 6 nitrogen and oxygen atoms in total. The summed E-state index contributed by atoms with van der Waals surface area (Å²) in [7, 11) is 1.60. The number of amides is 1. The van der Waals surface area contributed by atoms with Crippen molar-refractivity contribution in [3.8, 4) is 0 Å². The van der Waals surface area contributed by atoms with Gasteiger partial charge in [0.2, 0.25) is 5.91 Å². The lowest BCUT2D eigenvalue weighted by Gasteiger charge is -2.13. The first-order valence-electron chi connectivity index (χ1n) is 4.80. The molecule has 1 amide bonds. The van der Waals surface area contributed by atoms with Gasteiger partial charge in [0.25, 0.3) is 0 Å². The third kappa shape index (κ3) is 5.90. The molecule has 0 radical (unpaired) electrons. The molecule has 2 atom stereocenters. The SMILES string of the molecule is COC(C)CCC(=O)NC(C)C(N)=NO. The Balaban J connectivity index is 3.84. The lowest BCUT2D eigenvalue weighted by molar-refractivity contribution is -0.121. The van der Waals surface area contributed by atoms with E-state index in [-0.39, 0.29) is 17.8 Å². The number of rotatable bonds is 6. The lowest BCUT2D eigenvalue weighted by Crippen LogP contribution is -2.42. The van der Waals surface area contributed by atoms with Crippen LogP contribution in [0.3, 0.4) is 0 Å². The first-order valence-corrected chi connectivity index (χ1v) is 4.80. The van der Waals surface area contributed by atoms with Crippen LogP contribution in [0.5, 0.6) is 0 Å². The number of carbonyl (C=O) groups is 1. The van der Waals surface area contributed by atoms with Crippen LogP contribution < -0.4 is 11.1 Å². The van der Waals surface area contributed by atoms with E-state index in [4.69, 9.17) is 15.7 Å². The fraction of sp³-hybridized carbons (Fsp3) is 0.778. The maximum absolute atomic E-state index is 11.3. The number of ether oxygens (including phenoxy) is 1. The molecule has 0 aliphatic carbocycles. The van der Waals surface area contributed by atoms with Gasteiger partial charge in [0.1, 0.15) is 0 Å². The van der Waals surface area contributed by atoms with Gasteiger partial charge in [-0.2, -0.15) is 0 Å². The standard InChI is InChI=1S/C9H19N3O3/c1-6(15-3)4-5-8(13)11-7(2)9(10)12-14/h6-7,14H,4-5H2,1-3H3,(H2,10,12)(H,11,13). The fourth-order valence-corrected chi connectivity index (χ4v) is 0.926. The monoisotopic (exact) mass is 217 g/mol. The van der Waals surface area contributed by atoms with Gasteiger partial charge in [-0.05, 0) is 20.3 Å². The van der Waals surface area contributed by atoms with Crippen LogP contribution in [0.15, 0.2) is 5.16 Å². The van der Waals surface area contributed by atoms with Crippen molar-refractivity contribution in [2.75, 3.05) is 7.11 Å². The van der Waals surface area contributed by atoms with E-state index in [1.165, 1.54) is 0 Å². The van der Waals surface area contributed by atoms with Gasteiger partial charge in [-0.3, -0.25) is 4.79 Å². The quantitative estimate of drug-likeness (QED) is 0.253. The third-order valence-electron chi connectivity index (χ3n) is 2.12. The molecule has 6 heteroatoms. The number of methoxy groups -OCH3 is 1. The predicted molar refractivity (Wildman–Crippen MR) is 56.7 cm³/mol. The van der Waals surface area contributed by atoms with Crippen molar-refractivity contribution in [3.05, 3.63) is 0 Å². The number of amidine groups is 1. The fourth-order valence-electron chi connectivity index (χ4n) is 0.926. The molecular weight excluding hydrogens is 198 g/mol. The molecule has 0 aromatic heterocycles. The second kappa shape index (κ2) is 7.05. The minimum atomic E-state index is -0.458. The molecule has 0 saturated heterocycles. The average molecular weight is 217 g/mol. The van der Waals surface area contributed by atoms with Crippen LogP contribution in [0.4, 0.5) is 0 Å². The van der Waals surface area contributed by atoms with Crippen LogP contribution in [0, 0.1) is 0 Å². The summed E-state index contributed by atoms with van der Waals surface area (Å²) < 4.78 is 5.01. The van der Waals surface area contributed by atoms with Crippen molar-refractivity contribution in [1.82, 2.24) is 5.32 Å². The zero-order valence-electron chi connectivity index (χ0n) is 9.36. The minimum absolute atomic E-state index is 0.0110. The van der Waals surface area contributed by atoms with E-state index in [9.17, 15) is 4.79 Å². The van der Waals surface area contributed by atoms with Gasteiger partial charge in [0.05, 0.1) is 12.1 Å². The molecule has 4 N–H and O–H groups in total. The molecule has 2 unspecified atom stereocenters. The molecule has 0 aromatic carbocycles. The number of nitrogens with two attached hydrogens (primary N) is 1. The number of carbonyl (C=O) groups excluding carboxylic acids is 1. The molecule has 0 aromatic rings. The topological polar surface area (TPSA) is 96.9 Å². The average Bonchev–Trinajstić information content (AvgIpc) is 2.24. The summed E-state index contributed by atoms with van der Waals surface area (Å²) in [4.78, 5) is 11.3. The zero-order chi connectivity index (χ0) is 11.8. The molecule has 0 saturated carbocycles. The van der Waals surface area contributed by atoms with Gasteiger partial charge in [0, 0.05) is 13.5 Å². The Morgan fingerprint density at radius 1 is 1.60 bits per heavy atom. The van der Waals surface area contributed by atoms with E-state index in [1.54, 1.807) is 14.0 Å². The molecular formula is C9H19N3O3. The molecule has 0 fully saturated rings. The van der Waals surface area contributed by atoms with Gasteiger partial charge in [-0.1, -0.05) is 5.16 Å². The summed E-state index contributed by atoms with van der Waals surface area (Å²) in [6, 6.07) is -0.458. The molecule has 0 spiro atoms. The Bertz CT molecular complexity index is 231. The van der Waals surface area contributed by atoms with Crippen molar-refractivity contribution in [2.24, 2.45) is 10.9 Å². The normalized spacial score (nSPS) is 15.8. The minimum Gasteiger partial charge on any atom is -0.409 e. The second-order valence-electron chi connectivity index (χ2n) is 3.40. The Morgan fingerprint density at radius 3 is 2.67 bits per heavy atom. The first-order chi connectivity index (χ1) is 7.01. The van der Waals surface area contributed by atoms with E-state index in [0.717, 1.165) is 0 Å². The Labute approximate surface area is 89.5 Å². The van der Waals surface area contributed by atoms with E-state index in [0.29, 0.717) is 12.8 Å². The summed E-state index contributed by atoms with van der Waals surface area (Å²) in [6.07, 6.45) is 1.05. The highest BCUT2D eigenvalue weighted by atomic mass is 16.5. The van der Waals surface area contributed by atoms with Crippen molar-refractivity contribution in [1.29, 1.82) is 0 Å². The maximum atomic E-state index is 11.3. The van der Waals surface area contributed by atoms with E-state index in [2.05, 4.69) is 10.5 Å². The van der Waals surface area contributed by atoms with Crippen molar-refractivity contribution < 1.29 is 14.7 Å². The van der Waals surface area contributed by atoms with Crippen LogP contribution in [0.2, 0.25) is 0 Å². The highest BCUT2D eigenvalue weighted by Crippen LogP contribution is 1.99. The highest BCUT2D eigenvalue weighted by Gasteiger charge is 2.12. The number of hydrogen-bond acceptors (Lipinski definition) is 4. The molecule has 0 aliphatic rings. The van der Waals surface area contributed by atoms with Crippen LogP contribution in [0.25, 0.3) is 0 Å². The maximum Gasteiger partial charge on any atom is 0.220 e. The molecule has 0 bridgehead atoms. The first kappa shape index (κ1) is 13.7. The third-order valence-corrected chi connectivity index (χ3v) is 2.12. The Hall–Kier alpha value is -1.30. The summed E-state index contributed by atoms with van der Waals surface area (Å²) >= 11 is 0. The second-order valence-corrected chi connectivity index (χ2v) is 3.40. The molecule has 88 valence electrons. The van der Waals surface area contributed by atoms with E-state index in [1.807, 2.05) is 6.92 Å². The summed E-state index contributed by atoms with van der Waals surface area (Å²) in [6.45, 7) is 3.53. The number of nitrogens with zero attached hydrogens (tertiary/aromatic N) is 1. The smallest absolute Gasteiger partial charge is 0.220 e. The van der Waals surface area contributed by atoms with E-state index >= 15 is 0 Å². The van der Waals surface area contributed by atoms with Crippen LogP contribution in [0.1, 0.15) is 26.7 Å². The van der Waals surface area contributed by atoms with Gasteiger partial charge in [-0.25, -0.2) is 0 Å². The van der Waals surface area contributed by atoms with Crippen molar-refractivity contribution in [3.63, 3.8) is 0 Å². The number of nitrogens with one attached hydrogen (secondary N) is 1. The Morgan fingerprint density at radius 2 is 2.20 bits per heavy atom. The number of hydrogen-bond donors (Lipinski definition) is 3. The molecule has 0 heterocycles. The van der Waals surface area contributed by atoms with Gasteiger partial charge < -0.3 is 21.0 Å². The summed E-state index contributed by atoms with van der Waals surface area (Å²) in [5, 5.41) is 13.8.